The van der Waals surface area contributed by atoms with Crippen LogP contribution in [0.1, 0.15) is 21.7 Å². The molecule has 2 aromatic heterocycles. The summed E-state index contributed by atoms with van der Waals surface area (Å²) in [5.74, 6) is -0.617. The van der Waals surface area contributed by atoms with E-state index in [-0.39, 0.29) is 17.4 Å². The molecule has 0 aliphatic heterocycles. The van der Waals surface area contributed by atoms with Gasteiger partial charge in [0.05, 0.1) is 11.8 Å². The van der Waals surface area contributed by atoms with Gasteiger partial charge in [-0.1, -0.05) is 29.5 Å². The first kappa shape index (κ1) is 15.1. The molecule has 7 heteroatoms. The van der Waals surface area contributed by atoms with Gasteiger partial charge < -0.3 is 9.52 Å². The maximum absolute atomic E-state index is 12.3. The Morgan fingerprint density at radius 3 is 2.78 bits per heavy atom. The molecule has 0 radical (unpaired) electrons. The summed E-state index contributed by atoms with van der Waals surface area (Å²) >= 11 is 1.35. The van der Waals surface area contributed by atoms with E-state index in [0.29, 0.717) is 10.7 Å². The van der Waals surface area contributed by atoms with Crippen LogP contribution < -0.4 is 0 Å². The number of allylic oxidation sites excluding steroid dienone is 1. The smallest absolute Gasteiger partial charge is 0.215 e. The van der Waals surface area contributed by atoms with Crippen molar-refractivity contribution in [1.82, 2.24) is 15.2 Å². The number of benzene rings is 1. The second-order valence-electron chi connectivity index (χ2n) is 4.75. The fourth-order valence-corrected chi connectivity index (χ4v) is 2.74. The number of nitrogens with zero attached hydrogens (tertiary/aromatic N) is 2. The average Bonchev–Trinajstić information content (AvgIpc) is 3.20. The van der Waals surface area contributed by atoms with E-state index in [0.717, 1.165) is 16.5 Å². The number of rotatable bonds is 5. The maximum atomic E-state index is 12.3. The number of hydrogen-bond acceptors (Lipinski definition) is 6. The summed E-state index contributed by atoms with van der Waals surface area (Å²) in [6.45, 7) is 2.01. The predicted octanol–water partition coefficient (Wildman–Crippen LogP) is 3.64. The molecule has 23 heavy (non-hydrogen) atoms. The van der Waals surface area contributed by atoms with Crippen LogP contribution in [0.4, 0.5) is 0 Å². The lowest BCUT2D eigenvalue weighted by Gasteiger charge is -2.01. The fraction of sp³-hybridized carbons (Fsp3) is 0.0625. The lowest BCUT2D eigenvalue weighted by molar-refractivity contribution is 0.104. The van der Waals surface area contributed by atoms with Gasteiger partial charge in [-0.2, -0.15) is 5.10 Å². The van der Waals surface area contributed by atoms with Crippen LogP contribution in [0.25, 0.3) is 5.76 Å². The molecule has 2 N–H and O–H groups in total. The van der Waals surface area contributed by atoms with Crippen LogP contribution >= 0.6 is 11.8 Å². The van der Waals surface area contributed by atoms with Crippen LogP contribution in [0.15, 0.2) is 63.4 Å². The van der Waals surface area contributed by atoms with Gasteiger partial charge in [0, 0.05) is 11.0 Å². The van der Waals surface area contributed by atoms with E-state index in [9.17, 15) is 9.90 Å². The van der Waals surface area contributed by atoms with Crippen molar-refractivity contribution >= 4 is 23.3 Å². The highest BCUT2D eigenvalue weighted by Crippen LogP contribution is 2.32. The zero-order valence-corrected chi connectivity index (χ0v) is 13.0. The van der Waals surface area contributed by atoms with Gasteiger partial charge >= 0.3 is 0 Å². The standard InChI is InChI=1S/C16H13N3O3S/c1-10-2-4-11(5-3-10)23-16-12(6-7-22-16)13(20)8-14(21)15-17-9-18-19-15/h2-9,21H,1H3,(H,17,18,19). The first-order chi connectivity index (χ1) is 11.1. The molecular weight excluding hydrogens is 314 g/mol. The third-order valence-corrected chi connectivity index (χ3v) is 4.05. The number of aliphatic hydroxyl groups is 1. The van der Waals surface area contributed by atoms with Crippen molar-refractivity contribution in [3.05, 3.63) is 65.9 Å². The zero-order chi connectivity index (χ0) is 16.2. The monoisotopic (exact) mass is 327 g/mol. The number of carbonyl (C=O) groups is 1. The Bertz CT molecular complexity index is 836. The number of H-pyrrole nitrogens is 1. The Hall–Kier alpha value is -2.80. The number of aliphatic hydroxyl groups excluding tert-OH is 1. The molecular formula is C16H13N3O3S. The zero-order valence-electron chi connectivity index (χ0n) is 12.2. The summed E-state index contributed by atoms with van der Waals surface area (Å²) in [5.41, 5.74) is 1.53. The molecule has 0 amide bonds. The Morgan fingerprint density at radius 2 is 2.09 bits per heavy atom. The molecule has 0 bridgehead atoms. The first-order valence-corrected chi connectivity index (χ1v) is 7.58. The third-order valence-electron chi connectivity index (χ3n) is 3.04. The Balaban J connectivity index is 1.81. The second kappa shape index (κ2) is 6.53. The van der Waals surface area contributed by atoms with Crippen LogP contribution in [0, 0.1) is 6.92 Å². The summed E-state index contributed by atoms with van der Waals surface area (Å²) in [6, 6.07) is 9.46. The number of aromatic amines is 1. The number of furan rings is 1. The summed E-state index contributed by atoms with van der Waals surface area (Å²) < 4.78 is 5.39. The summed E-state index contributed by atoms with van der Waals surface area (Å²) in [5, 5.41) is 16.5. The van der Waals surface area contributed by atoms with Crippen LogP contribution in [-0.4, -0.2) is 26.1 Å². The van der Waals surface area contributed by atoms with E-state index >= 15 is 0 Å². The SMILES string of the molecule is Cc1ccc(Sc2occc2C(=O)C=C(O)c2nc[nH]n2)cc1. The lowest BCUT2D eigenvalue weighted by atomic mass is 10.2. The van der Waals surface area contributed by atoms with E-state index < -0.39 is 0 Å². The van der Waals surface area contributed by atoms with Crippen molar-refractivity contribution in [1.29, 1.82) is 0 Å². The van der Waals surface area contributed by atoms with Crippen molar-refractivity contribution in [2.45, 2.75) is 16.9 Å². The number of aromatic nitrogens is 3. The fourth-order valence-electron chi connectivity index (χ4n) is 1.87. The molecule has 0 fully saturated rings. The van der Waals surface area contributed by atoms with Gasteiger partial charge in [-0.3, -0.25) is 9.89 Å². The molecule has 2 heterocycles. The van der Waals surface area contributed by atoms with E-state index in [2.05, 4.69) is 15.2 Å². The summed E-state index contributed by atoms with van der Waals surface area (Å²) in [4.78, 5) is 17.0. The minimum absolute atomic E-state index is 0.0644. The number of nitrogens with one attached hydrogen (secondary N) is 1. The quantitative estimate of drug-likeness (QED) is 0.422. The summed E-state index contributed by atoms with van der Waals surface area (Å²) in [6.07, 6.45) is 3.84. The van der Waals surface area contributed by atoms with E-state index in [1.165, 1.54) is 24.4 Å². The molecule has 116 valence electrons. The molecule has 0 aliphatic carbocycles. The van der Waals surface area contributed by atoms with Crippen LogP contribution in [0.2, 0.25) is 0 Å². The number of ketones is 1. The maximum Gasteiger partial charge on any atom is 0.215 e. The normalized spacial score (nSPS) is 11.6. The summed E-state index contributed by atoms with van der Waals surface area (Å²) in [7, 11) is 0. The van der Waals surface area contributed by atoms with Crippen LogP contribution in [0.3, 0.4) is 0 Å². The average molecular weight is 327 g/mol. The molecule has 6 nitrogen and oxygen atoms in total. The number of carbonyl (C=O) groups excluding carboxylic acids is 1. The molecule has 0 saturated heterocycles. The Morgan fingerprint density at radius 1 is 1.30 bits per heavy atom. The molecule has 3 rings (SSSR count). The Labute approximate surface area is 136 Å². The van der Waals surface area contributed by atoms with E-state index in [1.807, 2.05) is 31.2 Å². The molecule has 0 atom stereocenters. The molecule has 0 spiro atoms. The van der Waals surface area contributed by atoms with Crippen LogP contribution in [-0.2, 0) is 0 Å². The molecule has 0 saturated carbocycles. The van der Waals surface area contributed by atoms with Crippen molar-refractivity contribution < 1.29 is 14.3 Å². The topological polar surface area (TPSA) is 92.0 Å². The first-order valence-electron chi connectivity index (χ1n) is 6.76. The minimum atomic E-state index is -0.379. The van der Waals surface area contributed by atoms with Crippen molar-refractivity contribution in [2.75, 3.05) is 0 Å². The largest absolute Gasteiger partial charge is 0.504 e. The van der Waals surface area contributed by atoms with Gasteiger partial charge in [0.1, 0.15) is 6.33 Å². The van der Waals surface area contributed by atoms with Gasteiger partial charge in [-0.25, -0.2) is 4.98 Å². The lowest BCUT2D eigenvalue weighted by Crippen LogP contribution is -1.97. The van der Waals surface area contributed by atoms with E-state index in [1.54, 1.807) is 6.07 Å². The number of hydrogen-bond donors (Lipinski definition) is 2. The third kappa shape index (κ3) is 3.51. The molecule has 0 unspecified atom stereocenters. The van der Waals surface area contributed by atoms with Crippen molar-refractivity contribution in [3.63, 3.8) is 0 Å². The van der Waals surface area contributed by atoms with Gasteiger partial charge in [0.2, 0.25) is 5.82 Å². The molecule has 3 aromatic rings. The van der Waals surface area contributed by atoms with Crippen LogP contribution in [0.5, 0.6) is 0 Å². The highest BCUT2D eigenvalue weighted by atomic mass is 32.2. The molecule has 1 aromatic carbocycles. The highest BCUT2D eigenvalue weighted by Gasteiger charge is 2.16. The van der Waals surface area contributed by atoms with Gasteiger partial charge in [0.25, 0.3) is 0 Å². The van der Waals surface area contributed by atoms with Gasteiger partial charge in [-0.15, -0.1) is 0 Å². The minimum Gasteiger partial charge on any atom is -0.504 e. The second-order valence-corrected chi connectivity index (χ2v) is 5.80. The van der Waals surface area contributed by atoms with Gasteiger partial charge in [-0.05, 0) is 25.1 Å². The number of aryl methyl sites for hydroxylation is 1. The predicted molar refractivity (Wildman–Crippen MR) is 85.3 cm³/mol. The van der Waals surface area contributed by atoms with E-state index in [4.69, 9.17) is 4.42 Å². The Kier molecular flexibility index (Phi) is 4.29. The highest BCUT2D eigenvalue weighted by molar-refractivity contribution is 7.99. The molecule has 0 aliphatic rings. The van der Waals surface area contributed by atoms with Gasteiger partial charge in [0.15, 0.2) is 16.6 Å². The van der Waals surface area contributed by atoms with Crippen molar-refractivity contribution in [3.8, 4) is 0 Å². The van der Waals surface area contributed by atoms with Crippen molar-refractivity contribution in [2.24, 2.45) is 0 Å².